The molecule has 0 aromatic heterocycles. The highest BCUT2D eigenvalue weighted by Crippen LogP contribution is 2.22. The Morgan fingerprint density at radius 2 is 1.26 bits per heavy atom. The molecule has 0 aliphatic heterocycles. The SMILES string of the molecule is C=[N+](C/C(=C/OCc1ccccc1)CN(CC=COCc1ccccc1)c1ccc(OC)cc1)c1ccc(OC)cc1. The summed E-state index contributed by atoms with van der Waals surface area (Å²) in [5.74, 6) is 1.62. The van der Waals surface area contributed by atoms with Gasteiger partial charge in [0.25, 0.3) is 0 Å². The quantitative estimate of drug-likeness (QED) is 0.0808. The van der Waals surface area contributed by atoms with E-state index in [9.17, 15) is 0 Å². The smallest absolute Gasteiger partial charge is 0.205 e. The molecule has 0 fully saturated rings. The minimum Gasteiger partial charge on any atom is -0.497 e. The average Bonchev–Trinajstić information content (AvgIpc) is 3.05. The third kappa shape index (κ3) is 9.59. The lowest BCUT2D eigenvalue weighted by Gasteiger charge is -2.24. The van der Waals surface area contributed by atoms with Crippen LogP contribution >= 0.6 is 0 Å². The third-order valence-electron chi connectivity index (χ3n) is 6.62. The van der Waals surface area contributed by atoms with E-state index < -0.39 is 0 Å². The molecule has 0 radical (unpaired) electrons. The molecule has 4 rings (SSSR count). The van der Waals surface area contributed by atoms with Gasteiger partial charge < -0.3 is 23.8 Å². The molecule has 4 aromatic carbocycles. The van der Waals surface area contributed by atoms with Crippen LogP contribution in [0, 0.1) is 0 Å². The number of benzene rings is 4. The lowest BCUT2D eigenvalue weighted by Crippen LogP contribution is -2.28. The van der Waals surface area contributed by atoms with E-state index in [0.717, 1.165) is 39.6 Å². The largest absolute Gasteiger partial charge is 0.497 e. The van der Waals surface area contributed by atoms with E-state index in [2.05, 4.69) is 48.0 Å². The van der Waals surface area contributed by atoms with Crippen LogP contribution in [0.25, 0.3) is 0 Å². The van der Waals surface area contributed by atoms with Gasteiger partial charge in [0.2, 0.25) is 5.69 Å². The van der Waals surface area contributed by atoms with Gasteiger partial charge in [0.05, 0.1) is 26.7 Å². The van der Waals surface area contributed by atoms with Crippen LogP contribution in [0.3, 0.4) is 0 Å². The van der Waals surface area contributed by atoms with Crippen LogP contribution in [-0.4, -0.2) is 45.1 Å². The summed E-state index contributed by atoms with van der Waals surface area (Å²) in [7, 11) is 3.34. The van der Waals surface area contributed by atoms with E-state index in [0.29, 0.717) is 32.8 Å². The molecular formula is C36H39N2O4+. The molecule has 0 amide bonds. The molecule has 216 valence electrons. The van der Waals surface area contributed by atoms with E-state index in [1.807, 2.05) is 89.7 Å². The number of methoxy groups -OCH3 is 2. The maximum absolute atomic E-state index is 6.09. The lowest BCUT2D eigenvalue weighted by atomic mass is 10.2. The molecule has 42 heavy (non-hydrogen) atoms. The first-order chi connectivity index (χ1) is 20.6. The summed E-state index contributed by atoms with van der Waals surface area (Å²) in [6.45, 7) is 7.15. The summed E-state index contributed by atoms with van der Waals surface area (Å²) in [4.78, 5) is 2.27. The Hall–Kier alpha value is -4.97. The van der Waals surface area contributed by atoms with Crippen LogP contribution in [0.15, 0.2) is 133 Å². The maximum Gasteiger partial charge on any atom is 0.205 e. The van der Waals surface area contributed by atoms with E-state index >= 15 is 0 Å². The summed E-state index contributed by atoms with van der Waals surface area (Å²) in [5.41, 5.74) is 5.34. The normalized spacial score (nSPS) is 11.2. The second-order valence-corrected chi connectivity index (χ2v) is 9.72. The highest BCUT2D eigenvalue weighted by atomic mass is 16.5. The van der Waals surface area contributed by atoms with Crippen LogP contribution in [0.4, 0.5) is 11.4 Å². The average molecular weight is 564 g/mol. The summed E-state index contributed by atoms with van der Waals surface area (Å²) < 4.78 is 24.6. The predicted octanol–water partition coefficient (Wildman–Crippen LogP) is 7.39. The van der Waals surface area contributed by atoms with Crippen molar-refractivity contribution in [3.8, 4) is 11.5 Å². The molecule has 0 saturated carbocycles. The highest BCUT2D eigenvalue weighted by molar-refractivity contribution is 5.51. The predicted molar refractivity (Wildman–Crippen MR) is 170 cm³/mol. The molecule has 0 atom stereocenters. The first-order valence-electron chi connectivity index (χ1n) is 13.9. The number of hydrogen-bond donors (Lipinski definition) is 0. The number of anilines is 1. The van der Waals surface area contributed by atoms with Crippen LogP contribution < -0.4 is 14.4 Å². The van der Waals surface area contributed by atoms with Crippen molar-refractivity contribution in [3.05, 3.63) is 144 Å². The molecule has 0 heterocycles. The summed E-state index contributed by atoms with van der Waals surface area (Å²) >= 11 is 0. The van der Waals surface area contributed by atoms with Gasteiger partial charge in [-0.15, -0.1) is 0 Å². The molecule has 6 heteroatoms. The van der Waals surface area contributed by atoms with Crippen molar-refractivity contribution < 1.29 is 23.5 Å². The Kier molecular flexibility index (Phi) is 11.7. The van der Waals surface area contributed by atoms with Gasteiger partial charge in [0, 0.05) is 36.5 Å². The van der Waals surface area contributed by atoms with Crippen LogP contribution in [-0.2, 0) is 22.7 Å². The maximum atomic E-state index is 6.09. The number of nitrogens with zero attached hydrogens (tertiary/aromatic N) is 2. The van der Waals surface area contributed by atoms with Crippen LogP contribution in [0.2, 0.25) is 0 Å². The first kappa shape index (κ1) is 30.0. The van der Waals surface area contributed by atoms with E-state index in [4.69, 9.17) is 18.9 Å². The molecule has 0 bridgehead atoms. The molecule has 0 saturated heterocycles. The molecule has 0 aliphatic rings. The zero-order valence-corrected chi connectivity index (χ0v) is 24.4. The van der Waals surface area contributed by atoms with Gasteiger partial charge in [0.15, 0.2) is 6.54 Å². The van der Waals surface area contributed by atoms with Crippen LogP contribution in [0.1, 0.15) is 11.1 Å². The summed E-state index contributed by atoms with van der Waals surface area (Å²) in [6, 6.07) is 36.2. The van der Waals surface area contributed by atoms with Crippen molar-refractivity contribution in [2.45, 2.75) is 13.2 Å². The summed E-state index contributed by atoms with van der Waals surface area (Å²) in [6.07, 6.45) is 5.66. The van der Waals surface area contributed by atoms with Gasteiger partial charge >= 0.3 is 0 Å². The molecular weight excluding hydrogens is 524 g/mol. The fourth-order valence-electron chi connectivity index (χ4n) is 4.34. The highest BCUT2D eigenvalue weighted by Gasteiger charge is 2.15. The molecule has 0 N–H and O–H groups in total. The minimum atomic E-state index is 0.486. The first-order valence-corrected chi connectivity index (χ1v) is 13.9. The fourth-order valence-corrected chi connectivity index (χ4v) is 4.34. The monoisotopic (exact) mass is 563 g/mol. The second-order valence-electron chi connectivity index (χ2n) is 9.72. The van der Waals surface area contributed by atoms with Gasteiger partial charge in [-0.3, -0.25) is 0 Å². The summed E-state index contributed by atoms with van der Waals surface area (Å²) in [5, 5.41) is 0. The Balaban J connectivity index is 1.51. The zero-order chi connectivity index (χ0) is 29.4. The van der Waals surface area contributed by atoms with Gasteiger partial charge in [-0.05, 0) is 53.6 Å². The third-order valence-corrected chi connectivity index (χ3v) is 6.62. The van der Waals surface area contributed by atoms with Crippen molar-refractivity contribution in [1.29, 1.82) is 0 Å². The van der Waals surface area contributed by atoms with Crippen molar-refractivity contribution in [2.24, 2.45) is 0 Å². The number of ether oxygens (including phenoxy) is 4. The number of rotatable bonds is 16. The van der Waals surface area contributed by atoms with Gasteiger partial charge in [0.1, 0.15) is 31.4 Å². The fraction of sp³-hybridized carbons (Fsp3) is 0.194. The Morgan fingerprint density at radius 3 is 1.83 bits per heavy atom. The van der Waals surface area contributed by atoms with Gasteiger partial charge in [-0.2, -0.15) is 0 Å². The van der Waals surface area contributed by atoms with Crippen LogP contribution in [0.5, 0.6) is 11.5 Å². The Labute approximate surface area is 249 Å². The molecule has 0 unspecified atom stereocenters. The number of hydrogen-bond acceptors (Lipinski definition) is 5. The molecule has 0 spiro atoms. The molecule has 4 aromatic rings. The zero-order valence-electron chi connectivity index (χ0n) is 24.4. The minimum absolute atomic E-state index is 0.486. The van der Waals surface area contributed by atoms with E-state index in [1.165, 1.54) is 0 Å². The van der Waals surface area contributed by atoms with E-state index in [1.54, 1.807) is 20.5 Å². The Bertz CT molecular complexity index is 1420. The lowest BCUT2D eigenvalue weighted by molar-refractivity contribution is -0.421. The van der Waals surface area contributed by atoms with Gasteiger partial charge in [-0.1, -0.05) is 60.7 Å². The van der Waals surface area contributed by atoms with Crippen molar-refractivity contribution in [3.63, 3.8) is 0 Å². The van der Waals surface area contributed by atoms with E-state index in [-0.39, 0.29) is 0 Å². The second kappa shape index (κ2) is 16.3. The van der Waals surface area contributed by atoms with Gasteiger partial charge in [-0.25, -0.2) is 4.58 Å². The van der Waals surface area contributed by atoms with Crippen molar-refractivity contribution in [2.75, 3.05) is 38.8 Å². The Morgan fingerprint density at radius 1 is 0.714 bits per heavy atom. The standard InChI is InChI=1S/C36H39N2O4/c1-37(33-15-19-35(39-2)20-16-33)25-32(29-42-28-31-13-8-5-9-14-31)26-38(34-17-21-36(40-3)22-18-34)23-10-24-41-27-30-11-6-4-7-12-30/h4-22,24,29H,1,23,25-28H2,2-3H3/q+1/b24-10?,32-29-. The topological polar surface area (TPSA) is 43.2 Å². The van der Waals surface area contributed by atoms with Crippen molar-refractivity contribution in [1.82, 2.24) is 0 Å². The molecule has 0 aliphatic carbocycles. The molecule has 6 nitrogen and oxygen atoms in total. The van der Waals surface area contributed by atoms with Crippen molar-refractivity contribution >= 4 is 18.1 Å².